The monoisotopic (exact) mass is 378 g/mol. The molecule has 2 heterocycles. The van der Waals surface area contributed by atoms with Crippen LogP contribution in [0.3, 0.4) is 0 Å². The summed E-state index contributed by atoms with van der Waals surface area (Å²) in [6.07, 6.45) is 6.64. The summed E-state index contributed by atoms with van der Waals surface area (Å²) in [7, 11) is 1.79. The fourth-order valence-electron chi connectivity index (χ4n) is 2.78. The zero-order valence-electron chi connectivity index (χ0n) is 15.8. The largest absolute Gasteiger partial charge is 0.370 e. The summed E-state index contributed by atoms with van der Waals surface area (Å²) >= 11 is 0. The van der Waals surface area contributed by atoms with E-state index in [4.69, 9.17) is 0 Å². The normalized spacial score (nSPS) is 10.5. The number of nitrogens with zero attached hydrogens (tertiary/aromatic N) is 3. The van der Waals surface area contributed by atoms with Crippen molar-refractivity contribution in [3.8, 4) is 0 Å². The summed E-state index contributed by atoms with van der Waals surface area (Å²) in [4.78, 5) is 22.5. The summed E-state index contributed by atoms with van der Waals surface area (Å²) in [6, 6.07) is 13.9. The third-order valence-corrected chi connectivity index (χ3v) is 4.48. The highest BCUT2D eigenvalue weighted by molar-refractivity contribution is 5.93. The van der Waals surface area contributed by atoms with Gasteiger partial charge in [0, 0.05) is 38.7 Å². The van der Waals surface area contributed by atoms with E-state index < -0.39 is 0 Å². The first-order chi connectivity index (χ1) is 13.6. The van der Waals surface area contributed by atoms with Gasteiger partial charge < -0.3 is 10.2 Å². The molecule has 6 heteroatoms. The van der Waals surface area contributed by atoms with Gasteiger partial charge in [-0.2, -0.15) is 0 Å². The first kappa shape index (κ1) is 19.5. The maximum atomic E-state index is 12.9. The molecule has 1 N–H and O–H groups in total. The molecule has 0 saturated heterocycles. The lowest BCUT2D eigenvalue weighted by molar-refractivity contribution is 0.0796. The summed E-state index contributed by atoms with van der Waals surface area (Å²) in [6.45, 7) is 1.30. The number of likely N-dealkylation sites (N-methyl/N-ethyl adjacent to an activating group) is 1. The number of hydrogen-bond acceptors (Lipinski definition) is 4. The number of nitrogens with one attached hydrogen (secondary N) is 1. The van der Waals surface area contributed by atoms with E-state index in [-0.39, 0.29) is 11.7 Å². The molecular weight excluding hydrogens is 355 g/mol. The van der Waals surface area contributed by atoms with Crippen LogP contribution in [0.5, 0.6) is 0 Å². The number of pyridine rings is 2. The fraction of sp³-hybridized carbons (Fsp3) is 0.227. The van der Waals surface area contributed by atoms with Crippen molar-refractivity contribution in [3.05, 3.63) is 89.6 Å². The highest BCUT2D eigenvalue weighted by Gasteiger charge is 2.12. The van der Waals surface area contributed by atoms with Crippen molar-refractivity contribution in [2.45, 2.75) is 12.8 Å². The van der Waals surface area contributed by atoms with Gasteiger partial charge in [-0.3, -0.25) is 9.78 Å². The van der Waals surface area contributed by atoms with Crippen LogP contribution in [-0.2, 0) is 12.8 Å². The van der Waals surface area contributed by atoms with Crippen LogP contribution in [0, 0.1) is 5.82 Å². The Bertz CT molecular complexity index is 883. The van der Waals surface area contributed by atoms with Crippen LogP contribution >= 0.6 is 0 Å². The van der Waals surface area contributed by atoms with Crippen LogP contribution in [0.2, 0.25) is 0 Å². The van der Waals surface area contributed by atoms with E-state index in [1.54, 1.807) is 54.8 Å². The van der Waals surface area contributed by atoms with Gasteiger partial charge in [-0.1, -0.05) is 12.1 Å². The molecule has 3 aromatic rings. The first-order valence-electron chi connectivity index (χ1n) is 9.20. The number of anilines is 1. The highest BCUT2D eigenvalue weighted by Crippen LogP contribution is 2.09. The van der Waals surface area contributed by atoms with Crippen molar-refractivity contribution in [2.75, 3.05) is 25.5 Å². The lowest BCUT2D eigenvalue weighted by atomic mass is 10.1. The van der Waals surface area contributed by atoms with Gasteiger partial charge in [0.15, 0.2) is 0 Å². The maximum absolute atomic E-state index is 12.9. The SMILES string of the molecule is CN(CCc1ccncc1)C(=O)c1ccc(NCCc2ccc(F)cc2)nc1. The minimum Gasteiger partial charge on any atom is -0.370 e. The Kier molecular flexibility index (Phi) is 6.68. The first-order valence-corrected chi connectivity index (χ1v) is 9.20. The minimum atomic E-state index is -0.232. The Balaban J connectivity index is 1.47. The van der Waals surface area contributed by atoms with Crippen molar-refractivity contribution < 1.29 is 9.18 Å². The molecule has 0 radical (unpaired) electrons. The molecule has 144 valence electrons. The molecule has 0 spiro atoms. The zero-order valence-corrected chi connectivity index (χ0v) is 15.8. The Morgan fingerprint density at radius 1 is 1.00 bits per heavy atom. The maximum Gasteiger partial charge on any atom is 0.255 e. The standard InChI is InChI=1S/C22H23FN4O/c1-27(15-11-18-8-12-24-13-9-18)22(28)19-4-7-21(26-16-19)25-14-10-17-2-5-20(23)6-3-17/h2-9,12-13,16H,10-11,14-15H2,1H3,(H,25,26). The van der Waals surface area contributed by atoms with Crippen molar-refractivity contribution in [3.63, 3.8) is 0 Å². The number of benzene rings is 1. The predicted octanol–water partition coefficient (Wildman–Crippen LogP) is 3.59. The molecular formula is C22H23FN4O. The summed E-state index contributed by atoms with van der Waals surface area (Å²) in [5.41, 5.74) is 2.76. The minimum absolute atomic E-state index is 0.0561. The summed E-state index contributed by atoms with van der Waals surface area (Å²) in [5.74, 6) is 0.418. The van der Waals surface area contributed by atoms with Gasteiger partial charge in [0.25, 0.3) is 5.91 Å². The van der Waals surface area contributed by atoms with E-state index in [1.165, 1.54) is 12.1 Å². The average molecular weight is 378 g/mol. The van der Waals surface area contributed by atoms with Gasteiger partial charge >= 0.3 is 0 Å². The number of carbonyl (C=O) groups excluding carboxylic acids is 1. The molecule has 5 nitrogen and oxygen atoms in total. The van der Waals surface area contributed by atoms with Gasteiger partial charge in [0.2, 0.25) is 0 Å². The third-order valence-electron chi connectivity index (χ3n) is 4.48. The lowest BCUT2D eigenvalue weighted by Crippen LogP contribution is -2.29. The summed E-state index contributed by atoms with van der Waals surface area (Å²) in [5, 5.41) is 3.21. The second-order valence-corrected chi connectivity index (χ2v) is 6.57. The van der Waals surface area contributed by atoms with Gasteiger partial charge in [0.05, 0.1) is 5.56 Å². The Labute approximate surface area is 164 Å². The molecule has 0 aliphatic heterocycles. The van der Waals surface area contributed by atoms with Crippen molar-refractivity contribution in [1.29, 1.82) is 0 Å². The van der Waals surface area contributed by atoms with Crippen molar-refractivity contribution in [1.82, 2.24) is 14.9 Å². The second-order valence-electron chi connectivity index (χ2n) is 6.57. The molecule has 0 aliphatic carbocycles. The van der Waals surface area contributed by atoms with E-state index in [0.29, 0.717) is 24.5 Å². The summed E-state index contributed by atoms with van der Waals surface area (Å²) < 4.78 is 12.9. The number of carbonyl (C=O) groups is 1. The number of aromatic nitrogens is 2. The topological polar surface area (TPSA) is 58.1 Å². The fourth-order valence-corrected chi connectivity index (χ4v) is 2.78. The number of amides is 1. The van der Waals surface area contributed by atoms with Gasteiger partial charge in [-0.15, -0.1) is 0 Å². The Morgan fingerprint density at radius 3 is 2.39 bits per heavy atom. The van der Waals surface area contributed by atoms with Gasteiger partial charge in [0.1, 0.15) is 11.6 Å². The lowest BCUT2D eigenvalue weighted by Gasteiger charge is -2.17. The van der Waals surface area contributed by atoms with E-state index in [0.717, 1.165) is 24.0 Å². The molecule has 1 aromatic carbocycles. The van der Waals surface area contributed by atoms with E-state index >= 15 is 0 Å². The highest BCUT2D eigenvalue weighted by atomic mass is 19.1. The molecule has 0 aliphatic rings. The number of rotatable bonds is 8. The van der Waals surface area contributed by atoms with Gasteiger partial charge in [-0.25, -0.2) is 9.37 Å². The second kappa shape index (κ2) is 9.60. The molecule has 1 amide bonds. The van der Waals surface area contributed by atoms with Crippen LogP contribution in [-0.4, -0.2) is 40.9 Å². The average Bonchev–Trinajstić information content (AvgIpc) is 2.74. The molecule has 0 saturated carbocycles. The molecule has 0 bridgehead atoms. The molecule has 28 heavy (non-hydrogen) atoms. The van der Waals surface area contributed by atoms with Crippen molar-refractivity contribution >= 4 is 11.7 Å². The smallest absolute Gasteiger partial charge is 0.255 e. The van der Waals surface area contributed by atoms with E-state index in [2.05, 4.69) is 15.3 Å². The molecule has 2 aromatic heterocycles. The molecule has 0 unspecified atom stereocenters. The van der Waals surface area contributed by atoms with Crippen molar-refractivity contribution in [2.24, 2.45) is 0 Å². The molecule has 0 fully saturated rings. The van der Waals surface area contributed by atoms with Crippen LogP contribution < -0.4 is 5.32 Å². The molecule has 0 atom stereocenters. The number of hydrogen-bond donors (Lipinski definition) is 1. The van der Waals surface area contributed by atoms with Gasteiger partial charge in [-0.05, 0) is 60.4 Å². The van der Waals surface area contributed by atoms with Crippen LogP contribution in [0.1, 0.15) is 21.5 Å². The Hall–Kier alpha value is -3.28. The number of halogens is 1. The van der Waals surface area contributed by atoms with Crippen LogP contribution in [0.25, 0.3) is 0 Å². The van der Waals surface area contributed by atoms with Crippen LogP contribution in [0.15, 0.2) is 67.1 Å². The molecule has 3 rings (SSSR count). The predicted molar refractivity (Wildman–Crippen MR) is 108 cm³/mol. The zero-order chi connectivity index (χ0) is 19.8. The quantitative estimate of drug-likeness (QED) is 0.651. The third kappa shape index (κ3) is 5.61. The Morgan fingerprint density at radius 2 is 1.71 bits per heavy atom. The van der Waals surface area contributed by atoms with E-state index in [9.17, 15) is 9.18 Å². The van der Waals surface area contributed by atoms with Crippen LogP contribution in [0.4, 0.5) is 10.2 Å². The van der Waals surface area contributed by atoms with E-state index in [1.807, 2.05) is 12.1 Å².